The van der Waals surface area contributed by atoms with Gasteiger partial charge >= 0.3 is 5.97 Å². The number of aromatic nitrogens is 1. The Labute approximate surface area is 99.8 Å². The minimum Gasteiger partial charge on any atom is -0.465 e. The highest BCUT2D eigenvalue weighted by Crippen LogP contribution is 2.25. The summed E-state index contributed by atoms with van der Waals surface area (Å²) in [6.45, 7) is 4.12. The molecule has 4 heteroatoms. The molecule has 1 atom stereocenters. The molecule has 0 radical (unpaired) electrons. The highest BCUT2D eigenvalue weighted by molar-refractivity contribution is 5.91. The van der Waals surface area contributed by atoms with Gasteiger partial charge in [0.1, 0.15) is 6.04 Å². The second-order valence-electron chi connectivity index (χ2n) is 3.97. The van der Waals surface area contributed by atoms with Crippen LogP contribution < -0.4 is 5.73 Å². The maximum atomic E-state index is 11.6. The van der Waals surface area contributed by atoms with Crippen molar-refractivity contribution in [3.05, 3.63) is 35.5 Å². The zero-order chi connectivity index (χ0) is 12.4. The van der Waals surface area contributed by atoms with Crippen LogP contribution in [0.4, 0.5) is 0 Å². The molecule has 4 nitrogen and oxygen atoms in total. The molecule has 0 aliphatic rings. The Morgan fingerprint density at radius 3 is 3.00 bits per heavy atom. The number of aromatic amines is 1. The van der Waals surface area contributed by atoms with Crippen LogP contribution in [0.2, 0.25) is 0 Å². The molecule has 0 aliphatic heterocycles. The highest BCUT2D eigenvalue weighted by Gasteiger charge is 2.20. The monoisotopic (exact) mass is 232 g/mol. The van der Waals surface area contributed by atoms with E-state index in [1.54, 1.807) is 13.1 Å². The van der Waals surface area contributed by atoms with Crippen molar-refractivity contribution in [2.75, 3.05) is 6.61 Å². The number of nitrogens with one attached hydrogen (secondary N) is 1. The van der Waals surface area contributed by atoms with E-state index in [-0.39, 0.29) is 0 Å². The minimum atomic E-state index is -0.731. The number of carbonyl (C=O) groups is 1. The predicted octanol–water partition coefficient (Wildman–Crippen LogP) is 2.04. The molecule has 2 rings (SSSR count). The Morgan fingerprint density at radius 2 is 2.29 bits per heavy atom. The summed E-state index contributed by atoms with van der Waals surface area (Å²) < 4.78 is 4.93. The number of aryl methyl sites for hydroxylation is 1. The quantitative estimate of drug-likeness (QED) is 0.796. The lowest BCUT2D eigenvalue weighted by Gasteiger charge is -2.09. The van der Waals surface area contributed by atoms with E-state index in [4.69, 9.17) is 10.5 Å². The maximum absolute atomic E-state index is 11.6. The Kier molecular flexibility index (Phi) is 3.15. The number of hydrogen-bond donors (Lipinski definition) is 2. The number of esters is 1. The lowest BCUT2D eigenvalue weighted by molar-refractivity contribution is -0.144. The van der Waals surface area contributed by atoms with Gasteiger partial charge in [-0.25, -0.2) is 4.79 Å². The van der Waals surface area contributed by atoms with E-state index in [0.717, 1.165) is 22.0 Å². The minimum absolute atomic E-state index is 0.341. The molecule has 2 aromatic rings. The molecule has 0 bridgehead atoms. The van der Waals surface area contributed by atoms with Crippen LogP contribution in [0.5, 0.6) is 0 Å². The van der Waals surface area contributed by atoms with Crippen molar-refractivity contribution in [3.63, 3.8) is 0 Å². The Morgan fingerprint density at radius 1 is 1.53 bits per heavy atom. The van der Waals surface area contributed by atoms with Gasteiger partial charge in [-0.05, 0) is 19.4 Å². The Balaban J connectivity index is 2.42. The number of rotatable bonds is 3. The van der Waals surface area contributed by atoms with Gasteiger partial charge in [-0.1, -0.05) is 18.2 Å². The topological polar surface area (TPSA) is 68.1 Å². The number of H-pyrrole nitrogens is 1. The van der Waals surface area contributed by atoms with Crippen molar-refractivity contribution in [2.24, 2.45) is 5.73 Å². The number of benzene rings is 1. The van der Waals surface area contributed by atoms with Gasteiger partial charge in [-0.15, -0.1) is 0 Å². The zero-order valence-corrected chi connectivity index (χ0v) is 9.99. The van der Waals surface area contributed by atoms with Crippen molar-refractivity contribution in [3.8, 4) is 0 Å². The Hall–Kier alpha value is -1.81. The second-order valence-corrected chi connectivity index (χ2v) is 3.97. The molecule has 17 heavy (non-hydrogen) atoms. The molecule has 1 aromatic carbocycles. The summed E-state index contributed by atoms with van der Waals surface area (Å²) in [5, 5.41) is 0.977. The van der Waals surface area contributed by atoms with E-state index in [0.29, 0.717) is 6.61 Å². The molecule has 90 valence electrons. The summed E-state index contributed by atoms with van der Waals surface area (Å²) in [5.41, 5.74) is 8.82. The zero-order valence-electron chi connectivity index (χ0n) is 9.99. The van der Waals surface area contributed by atoms with Crippen LogP contribution in [0.1, 0.15) is 24.1 Å². The summed E-state index contributed by atoms with van der Waals surface area (Å²) >= 11 is 0. The molecule has 0 aliphatic carbocycles. The number of nitrogens with two attached hydrogens (primary N) is 1. The van der Waals surface area contributed by atoms with Gasteiger partial charge in [0.15, 0.2) is 0 Å². The summed E-state index contributed by atoms with van der Waals surface area (Å²) in [6, 6.07) is 5.18. The molecule has 0 fully saturated rings. The largest absolute Gasteiger partial charge is 0.465 e. The van der Waals surface area contributed by atoms with E-state index in [1.165, 1.54) is 0 Å². The SMILES string of the molecule is CCOC(=O)C(N)c1c[nH]c2c(C)cccc12. The van der Waals surface area contributed by atoms with Gasteiger partial charge in [0, 0.05) is 22.7 Å². The first kappa shape index (κ1) is 11.7. The number of para-hydroxylation sites is 1. The second kappa shape index (κ2) is 4.59. The molecular formula is C13H16N2O2. The predicted molar refractivity (Wildman–Crippen MR) is 66.6 cm³/mol. The van der Waals surface area contributed by atoms with Gasteiger partial charge in [0.05, 0.1) is 6.61 Å². The number of carbonyl (C=O) groups excluding carboxylic acids is 1. The van der Waals surface area contributed by atoms with Crippen LogP contribution >= 0.6 is 0 Å². The van der Waals surface area contributed by atoms with Crippen molar-refractivity contribution < 1.29 is 9.53 Å². The van der Waals surface area contributed by atoms with Crippen LogP contribution in [0.25, 0.3) is 10.9 Å². The van der Waals surface area contributed by atoms with Crippen molar-refractivity contribution in [1.29, 1.82) is 0 Å². The first-order valence-electron chi connectivity index (χ1n) is 5.64. The molecule has 0 amide bonds. The lowest BCUT2D eigenvalue weighted by Crippen LogP contribution is -2.23. The summed E-state index contributed by atoms with van der Waals surface area (Å²) in [5.74, 6) is -0.394. The van der Waals surface area contributed by atoms with Crippen molar-refractivity contribution >= 4 is 16.9 Å². The van der Waals surface area contributed by atoms with E-state index >= 15 is 0 Å². The van der Waals surface area contributed by atoms with Crippen LogP contribution in [0, 0.1) is 6.92 Å². The first-order chi connectivity index (χ1) is 8.15. The first-order valence-corrected chi connectivity index (χ1v) is 5.64. The average molecular weight is 232 g/mol. The van der Waals surface area contributed by atoms with Crippen LogP contribution in [0.15, 0.2) is 24.4 Å². The Bertz CT molecular complexity index is 545. The maximum Gasteiger partial charge on any atom is 0.327 e. The third-order valence-electron chi connectivity index (χ3n) is 2.83. The van der Waals surface area contributed by atoms with Crippen molar-refractivity contribution in [2.45, 2.75) is 19.9 Å². The molecule has 1 heterocycles. The van der Waals surface area contributed by atoms with Gasteiger partial charge in [0.25, 0.3) is 0 Å². The smallest absolute Gasteiger partial charge is 0.327 e. The van der Waals surface area contributed by atoms with E-state index in [1.807, 2.05) is 25.1 Å². The van der Waals surface area contributed by atoms with Crippen molar-refractivity contribution in [1.82, 2.24) is 4.98 Å². The molecular weight excluding hydrogens is 216 g/mol. The number of hydrogen-bond acceptors (Lipinski definition) is 3. The standard InChI is InChI=1S/C13H16N2O2/c1-3-17-13(16)11(14)10-7-15-12-8(2)5-4-6-9(10)12/h4-7,11,15H,3,14H2,1-2H3. The third kappa shape index (κ3) is 2.03. The molecule has 0 saturated heterocycles. The van der Waals surface area contributed by atoms with Crippen LogP contribution in [-0.2, 0) is 9.53 Å². The fourth-order valence-corrected chi connectivity index (χ4v) is 1.94. The molecule has 0 saturated carbocycles. The van der Waals surface area contributed by atoms with Gasteiger partial charge < -0.3 is 15.5 Å². The van der Waals surface area contributed by atoms with Crippen LogP contribution in [0.3, 0.4) is 0 Å². The molecule has 1 unspecified atom stereocenters. The average Bonchev–Trinajstić information content (AvgIpc) is 2.73. The highest BCUT2D eigenvalue weighted by atomic mass is 16.5. The fraction of sp³-hybridized carbons (Fsp3) is 0.308. The third-order valence-corrected chi connectivity index (χ3v) is 2.83. The molecule has 1 aromatic heterocycles. The molecule has 3 N–H and O–H groups in total. The van der Waals surface area contributed by atoms with Crippen LogP contribution in [-0.4, -0.2) is 17.6 Å². The van der Waals surface area contributed by atoms with E-state index in [9.17, 15) is 4.79 Å². The molecule has 0 spiro atoms. The van der Waals surface area contributed by atoms with E-state index < -0.39 is 12.0 Å². The van der Waals surface area contributed by atoms with Gasteiger partial charge in [0.2, 0.25) is 0 Å². The van der Waals surface area contributed by atoms with Gasteiger partial charge in [-0.2, -0.15) is 0 Å². The van der Waals surface area contributed by atoms with E-state index in [2.05, 4.69) is 4.98 Å². The summed E-state index contributed by atoms with van der Waals surface area (Å²) in [6.07, 6.45) is 1.78. The van der Waals surface area contributed by atoms with Gasteiger partial charge in [-0.3, -0.25) is 0 Å². The number of ether oxygens (including phenoxy) is 1. The summed E-state index contributed by atoms with van der Waals surface area (Å²) in [4.78, 5) is 14.8. The fourth-order valence-electron chi connectivity index (χ4n) is 1.94. The lowest BCUT2D eigenvalue weighted by atomic mass is 10.0. The normalized spacial score (nSPS) is 12.6. The number of fused-ring (bicyclic) bond motifs is 1. The summed E-state index contributed by atoms with van der Waals surface area (Å²) in [7, 11) is 0.